The lowest BCUT2D eigenvalue weighted by molar-refractivity contribution is -0.115. The summed E-state index contributed by atoms with van der Waals surface area (Å²) < 4.78 is 11.2. The third-order valence-corrected chi connectivity index (χ3v) is 5.00. The van der Waals surface area contributed by atoms with Crippen molar-refractivity contribution in [3.8, 4) is 11.5 Å². The first-order chi connectivity index (χ1) is 13.6. The van der Waals surface area contributed by atoms with Crippen LogP contribution in [0.25, 0.3) is 6.08 Å². The number of rotatable bonds is 7. The Balaban J connectivity index is 1.79. The zero-order valence-corrected chi connectivity index (χ0v) is 17.1. The van der Waals surface area contributed by atoms with E-state index in [0.29, 0.717) is 34.8 Å². The molecule has 0 atom stereocenters. The summed E-state index contributed by atoms with van der Waals surface area (Å²) in [4.78, 5) is 17.4. The fourth-order valence-electron chi connectivity index (χ4n) is 2.71. The third kappa shape index (κ3) is 4.95. The summed E-state index contributed by atoms with van der Waals surface area (Å²) in [5.41, 5.74) is 2.95. The van der Waals surface area contributed by atoms with Crippen LogP contribution in [0.2, 0.25) is 0 Å². The van der Waals surface area contributed by atoms with Gasteiger partial charge in [0.2, 0.25) is 0 Å². The second kappa shape index (κ2) is 9.46. The smallest absolute Gasteiger partial charge is 0.264 e. The molecule has 0 aromatic heterocycles. The molecule has 2 aromatic carbocycles. The number of benzene rings is 2. The van der Waals surface area contributed by atoms with Crippen LogP contribution in [0.4, 0.5) is 5.69 Å². The summed E-state index contributed by atoms with van der Waals surface area (Å²) in [6.45, 7) is 7.09. The van der Waals surface area contributed by atoms with Gasteiger partial charge in [-0.1, -0.05) is 25.1 Å². The lowest BCUT2D eigenvalue weighted by atomic mass is 10.2. The zero-order chi connectivity index (χ0) is 19.9. The molecule has 1 saturated heterocycles. The fourth-order valence-corrected chi connectivity index (χ4v) is 3.55. The van der Waals surface area contributed by atoms with Gasteiger partial charge in [-0.2, -0.15) is 0 Å². The number of nitrogens with one attached hydrogen (secondary N) is 1. The van der Waals surface area contributed by atoms with E-state index in [1.165, 1.54) is 17.3 Å². The summed E-state index contributed by atoms with van der Waals surface area (Å²) in [6.07, 6.45) is 2.82. The molecule has 0 unspecified atom stereocenters. The average Bonchev–Trinajstić information content (AvgIpc) is 3.03. The Labute approximate surface area is 169 Å². The molecule has 28 heavy (non-hydrogen) atoms. The minimum atomic E-state index is -0.152. The fraction of sp³-hybridized carbons (Fsp3) is 0.273. The molecule has 6 heteroatoms. The second-order valence-electron chi connectivity index (χ2n) is 6.07. The minimum Gasteiger partial charge on any atom is -0.490 e. The lowest BCUT2D eigenvalue weighted by Gasteiger charge is -2.11. The topological polar surface area (TPSA) is 59.9 Å². The number of aryl methyl sites for hydroxylation is 1. The lowest BCUT2D eigenvalue weighted by Crippen LogP contribution is -2.19. The molecule has 0 bridgehead atoms. The van der Waals surface area contributed by atoms with Crippen molar-refractivity contribution in [3.63, 3.8) is 0 Å². The average molecular weight is 397 g/mol. The largest absolute Gasteiger partial charge is 0.490 e. The van der Waals surface area contributed by atoms with E-state index in [4.69, 9.17) is 9.47 Å². The van der Waals surface area contributed by atoms with Crippen LogP contribution < -0.4 is 14.8 Å². The first kappa shape index (κ1) is 20.0. The van der Waals surface area contributed by atoms with Gasteiger partial charge in [-0.3, -0.25) is 4.79 Å². The van der Waals surface area contributed by atoms with Gasteiger partial charge < -0.3 is 14.8 Å². The first-order valence-corrected chi connectivity index (χ1v) is 10.2. The van der Waals surface area contributed by atoms with E-state index in [1.807, 2.05) is 62.4 Å². The molecule has 0 aliphatic carbocycles. The van der Waals surface area contributed by atoms with E-state index in [1.54, 1.807) is 0 Å². The van der Waals surface area contributed by atoms with Crippen LogP contribution in [0.5, 0.6) is 11.5 Å². The molecule has 3 rings (SSSR count). The monoisotopic (exact) mass is 396 g/mol. The SMILES string of the molecule is CCOc1ccc(/C=C2\SC(=Nc3ccc(CC)cc3)NC2=O)cc1OCC. The van der Waals surface area contributed by atoms with Crippen molar-refractivity contribution in [2.24, 2.45) is 4.99 Å². The molecule has 1 amide bonds. The maximum absolute atomic E-state index is 12.3. The highest BCUT2D eigenvalue weighted by atomic mass is 32.2. The Kier molecular flexibility index (Phi) is 6.76. The number of hydrogen-bond donors (Lipinski definition) is 1. The van der Waals surface area contributed by atoms with E-state index in [0.717, 1.165) is 17.7 Å². The van der Waals surface area contributed by atoms with Crippen LogP contribution in [-0.2, 0) is 11.2 Å². The number of ether oxygens (including phenoxy) is 2. The molecule has 0 saturated carbocycles. The normalized spacial score (nSPS) is 16.5. The van der Waals surface area contributed by atoms with E-state index >= 15 is 0 Å². The molecule has 1 heterocycles. The van der Waals surface area contributed by atoms with Crippen LogP contribution in [0, 0.1) is 0 Å². The van der Waals surface area contributed by atoms with E-state index in [2.05, 4.69) is 17.2 Å². The van der Waals surface area contributed by atoms with Gasteiger partial charge >= 0.3 is 0 Å². The molecular formula is C22H24N2O3S. The van der Waals surface area contributed by atoms with Crippen molar-refractivity contribution in [1.29, 1.82) is 0 Å². The molecule has 0 radical (unpaired) electrons. The van der Waals surface area contributed by atoms with Gasteiger partial charge in [0.25, 0.3) is 5.91 Å². The highest BCUT2D eigenvalue weighted by Gasteiger charge is 2.24. The number of carbonyl (C=O) groups excluding carboxylic acids is 1. The molecule has 5 nitrogen and oxygen atoms in total. The zero-order valence-electron chi connectivity index (χ0n) is 16.3. The number of nitrogens with zero attached hydrogens (tertiary/aromatic N) is 1. The maximum atomic E-state index is 12.3. The van der Waals surface area contributed by atoms with Gasteiger partial charge in [-0.15, -0.1) is 0 Å². The van der Waals surface area contributed by atoms with Crippen molar-refractivity contribution < 1.29 is 14.3 Å². The standard InChI is InChI=1S/C22H24N2O3S/c1-4-15-7-10-17(11-8-15)23-22-24-21(25)20(28-22)14-16-9-12-18(26-5-2)19(13-16)27-6-3/h7-14H,4-6H2,1-3H3,(H,23,24,25)/b20-14-. The Bertz CT molecular complexity index is 904. The van der Waals surface area contributed by atoms with Gasteiger partial charge in [0.15, 0.2) is 16.7 Å². The van der Waals surface area contributed by atoms with E-state index < -0.39 is 0 Å². The van der Waals surface area contributed by atoms with Crippen molar-refractivity contribution in [2.45, 2.75) is 27.2 Å². The molecular weight excluding hydrogens is 372 g/mol. The number of thioether (sulfide) groups is 1. The predicted octanol–water partition coefficient (Wildman–Crippen LogP) is 4.94. The van der Waals surface area contributed by atoms with Gasteiger partial charge in [0, 0.05) is 0 Å². The minimum absolute atomic E-state index is 0.152. The highest BCUT2D eigenvalue weighted by Crippen LogP contribution is 2.32. The summed E-state index contributed by atoms with van der Waals surface area (Å²) >= 11 is 1.33. The van der Waals surface area contributed by atoms with Crippen LogP contribution in [-0.4, -0.2) is 24.3 Å². The Morgan fingerprint density at radius 1 is 1.00 bits per heavy atom. The van der Waals surface area contributed by atoms with Crippen LogP contribution in [0.15, 0.2) is 52.4 Å². The molecule has 1 fully saturated rings. The number of amides is 1. The van der Waals surface area contributed by atoms with E-state index in [9.17, 15) is 4.79 Å². The molecule has 2 aromatic rings. The van der Waals surface area contributed by atoms with Crippen molar-refractivity contribution in [3.05, 3.63) is 58.5 Å². The predicted molar refractivity (Wildman–Crippen MR) is 115 cm³/mol. The van der Waals surface area contributed by atoms with Gasteiger partial charge in [0.05, 0.1) is 23.8 Å². The highest BCUT2D eigenvalue weighted by molar-refractivity contribution is 8.18. The third-order valence-electron chi connectivity index (χ3n) is 4.09. The first-order valence-electron chi connectivity index (χ1n) is 9.41. The van der Waals surface area contributed by atoms with Crippen molar-refractivity contribution in [2.75, 3.05) is 13.2 Å². The Morgan fingerprint density at radius 3 is 2.39 bits per heavy atom. The molecule has 1 aliphatic heterocycles. The molecule has 0 spiro atoms. The van der Waals surface area contributed by atoms with Gasteiger partial charge in [-0.25, -0.2) is 4.99 Å². The summed E-state index contributed by atoms with van der Waals surface area (Å²) in [6, 6.07) is 13.7. The Hall–Kier alpha value is -2.73. The number of amidine groups is 1. The second-order valence-corrected chi connectivity index (χ2v) is 7.10. The molecule has 1 N–H and O–H groups in total. The van der Waals surface area contributed by atoms with Crippen molar-refractivity contribution in [1.82, 2.24) is 5.32 Å². The summed E-state index contributed by atoms with van der Waals surface area (Å²) in [5.74, 6) is 1.22. The van der Waals surface area contributed by atoms with Crippen LogP contribution in [0.3, 0.4) is 0 Å². The summed E-state index contributed by atoms with van der Waals surface area (Å²) in [5, 5.41) is 3.40. The maximum Gasteiger partial charge on any atom is 0.264 e. The van der Waals surface area contributed by atoms with Crippen molar-refractivity contribution >= 4 is 34.6 Å². The quantitative estimate of drug-likeness (QED) is 0.674. The number of carbonyl (C=O) groups is 1. The number of hydrogen-bond acceptors (Lipinski definition) is 5. The van der Waals surface area contributed by atoms with Gasteiger partial charge in [-0.05, 0) is 73.5 Å². The number of aliphatic imine (C=N–C) groups is 1. The molecule has 146 valence electrons. The van der Waals surface area contributed by atoms with Gasteiger partial charge in [0.1, 0.15) is 0 Å². The van der Waals surface area contributed by atoms with Crippen LogP contribution >= 0.6 is 11.8 Å². The Morgan fingerprint density at radius 2 is 1.71 bits per heavy atom. The van der Waals surface area contributed by atoms with E-state index in [-0.39, 0.29) is 5.91 Å². The molecule has 1 aliphatic rings. The summed E-state index contributed by atoms with van der Waals surface area (Å²) in [7, 11) is 0. The van der Waals surface area contributed by atoms with Crippen LogP contribution in [0.1, 0.15) is 31.9 Å².